The molecule has 0 amide bonds. The van der Waals surface area contributed by atoms with E-state index in [-0.39, 0.29) is 12.6 Å². The van der Waals surface area contributed by atoms with Gasteiger partial charge in [0.15, 0.2) is 0 Å². The first-order chi connectivity index (χ1) is 7.33. The monoisotopic (exact) mass is 231 g/mol. The molecule has 96 valence electrons. The third kappa shape index (κ3) is 5.47. The minimum atomic E-state index is -0.610. The molecule has 1 atom stereocenters. The normalized spacial score (nSPS) is 13.9. The predicted molar refractivity (Wildman–Crippen MR) is 64.2 cm³/mol. The minimum absolute atomic E-state index is 0.0760. The van der Waals surface area contributed by atoms with Crippen molar-refractivity contribution in [1.29, 1.82) is 0 Å². The summed E-state index contributed by atoms with van der Waals surface area (Å²) >= 11 is 0. The lowest BCUT2D eigenvalue weighted by Gasteiger charge is -2.23. The summed E-state index contributed by atoms with van der Waals surface area (Å²) in [6.45, 7) is 9.12. The summed E-state index contributed by atoms with van der Waals surface area (Å²) < 4.78 is 5.09. The molecule has 1 unspecified atom stereocenters. The highest BCUT2D eigenvalue weighted by Crippen LogP contribution is 2.21. The van der Waals surface area contributed by atoms with Crippen molar-refractivity contribution in [3.05, 3.63) is 0 Å². The summed E-state index contributed by atoms with van der Waals surface area (Å²) in [5.74, 6) is -0.242. The van der Waals surface area contributed by atoms with Crippen LogP contribution in [0.15, 0.2) is 0 Å². The van der Waals surface area contributed by atoms with Crippen molar-refractivity contribution in [2.75, 3.05) is 26.7 Å². The molecule has 0 fully saturated rings. The molecular weight excluding hydrogens is 206 g/mol. The van der Waals surface area contributed by atoms with Gasteiger partial charge < -0.3 is 14.7 Å². The van der Waals surface area contributed by atoms with Crippen LogP contribution in [0.2, 0.25) is 0 Å². The number of carbonyl (C=O) groups excluding carboxylic acids is 1. The first-order valence-electron chi connectivity index (χ1n) is 5.87. The van der Waals surface area contributed by atoms with Crippen molar-refractivity contribution in [2.45, 2.75) is 40.2 Å². The van der Waals surface area contributed by atoms with Gasteiger partial charge in [-0.25, -0.2) is 0 Å². The molecule has 0 rings (SSSR count). The van der Waals surface area contributed by atoms with Crippen LogP contribution in [0.1, 0.15) is 34.1 Å². The van der Waals surface area contributed by atoms with Gasteiger partial charge in [0.25, 0.3) is 0 Å². The predicted octanol–water partition coefficient (Wildman–Crippen LogP) is 1.28. The zero-order chi connectivity index (χ0) is 12.8. The first kappa shape index (κ1) is 15.4. The van der Waals surface area contributed by atoms with E-state index in [9.17, 15) is 9.90 Å². The molecule has 0 aliphatic heterocycles. The second-order valence-corrected chi connectivity index (χ2v) is 4.84. The van der Waals surface area contributed by atoms with Crippen LogP contribution in [0.3, 0.4) is 0 Å². The lowest BCUT2D eigenvalue weighted by molar-refractivity contribution is -0.157. The number of hydrogen-bond acceptors (Lipinski definition) is 4. The molecule has 4 heteroatoms. The van der Waals surface area contributed by atoms with Gasteiger partial charge in [-0.05, 0) is 33.9 Å². The highest BCUT2D eigenvalue weighted by atomic mass is 16.5. The van der Waals surface area contributed by atoms with Crippen LogP contribution in [0.25, 0.3) is 0 Å². The highest BCUT2D eigenvalue weighted by Gasteiger charge is 2.27. The number of esters is 1. The molecule has 4 nitrogen and oxygen atoms in total. The maximum absolute atomic E-state index is 11.6. The zero-order valence-corrected chi connectivity index (χ0v) is 11.1. The topological polar surface area (TPSA) is 49.8 Å². The number of rotatable bonds is 7. The highest BCUT2D eigenvalue weighted by molar-refractivity contribution is 5.75. The Hall–Kier alpha value is -0.610. The number of aliphatic hydroxyl groups is 1. The van der Waals surface area contributed by atoms with Crippen molar-refractivity contribution < 1.29 is 14.6 Å². The molecule has 0 saturated carbocycles. The molecule has 0 aromatic rings. The van der Waals surface area contributed by atoms with Crippen LogP contribution in [0, 0.1) is 5.41 Å². The van der Waals surface area contributed by atoms with Crippen LogP contribution in [-0.2, 0) is 9.53 Å². The van der Waals surface area contributed by atoms with Crippen molar-refractivity contribution >= 4 is 5.97 Å². The molecule has 0 aromatic carbocycles. The Morgan fingerprint density at radius 2 is 2.00 bits per heavy atom. The van der Waals surface area contributed by atoms with Crippen LogP contribution in [-0.4, -0.2) is 48.8 Å². The van der Waals surface area contributed by atoms with E-state index in [1.807, 2.05) is 39.6 Å². The largest absolute Gasteiger partial charge is 0.462 e. The molecule has 0 aliphatic carbocycles. The van der Waals surface area contributed by atoms with Crippen LogP contribution in [0.4, 0.5) is 0 Å². The Labute approximate surface area is 98.6 Å². The quantitative estimate of drug-likeness (QED) is 0.671. The molecule has 0 aromatic heterocycles. The molecule has 16 heavy (non-hydrogen) atoms. The van der Waals surface area contributed by atoms with E-state index in [0.29, 0.717) is 6.54 Å². The molecule has 0 radical (unpaired) electrons. The zero-order valence-electron chi connectivity index (χ0n) is 11.1. The van der Waals surface area contributed by atoms with Gasteiger partial charge >= 0.3 is 5.97 Å². The molecule has 0 saturated heterocycles. The molecular formula is C12H25NO3. The summed E-state index contributed by atoms with van der Waals surface area (Å²) in [7, 11) is 1.92. The second kappa shape index (κ2) is 6.86. The summed E-state index contributed by atoms with van der Waals surface area (Å²) in [5.41, 5.74) is -0.462. The minimum Gasteiger partial charge on any atom is -0.462 e. The fourth-order valence-electron chi connectivity index (χ4n) is 1.05. The average molecular weight is 231 g/mol. The van der Waals surface area contributed by atoms with Gasteiger partial charge in [0.2, 0.25) is 0 Å². The van der Waals surface area contributed by atoms with E-state index in [1.54, 1.807) is 0 Å². The van der Waals surface area contributed by atoms with Crippen molar-refractivity contribution in [1.82, 2.24) is 4.90 Å². The lowest BCUT2D eigenvalue weighted by atomic mass is 9.91. The average Bonchev–Trinajstić information content (AvgIpc) is 2.25. The Kier molecular flexibility index (Phi) is 6.60. The molecule has 0 heterocycles. The van der Waals surface area contributed by atoms with Crippen LogP contribution < -0.4 is 0 Å². The summed E-state index contributed by atoms with van der Waals surface area (Å²) in [6, 6.07) is 0. The Morgan fingerprint density at radius 3 is 2.44 bits per heavy atom. The van der Waals surface area contributed by atoms with E-state index >= 15 is 0 Å². The van der Waals surface area contributed by atoms with E-state index in [2.05, 4.69) is 0 Å². The number of hydrogen-bond donors (Lipinski definition) is 1. The van der Waals surface area contributed by atoms with Crippen LogP contribution in [0.5, 0.6) is 0 Å². The van der Waals surface area contributed by atoms with Crippen molar-refractivity contribution in [3.8, 4) is 0 Å². The van der Waals surface area contributed by atoms with Crippen molar-refractivity contribution in [3.63, 3.8) is 0 Å². The Balaban J connectivity index is 3.92. The lowest BCUT2D eigenvalue weighted by Crippen LogP contribution is -2.35. The molecule has 0 aliphatic rings. The van der Waals surface area contributed by atoms with Gasteiger partial charge in [0.05, 0.1) is 5.41 Å². The van der Waals surface area contributed by atoms with Gasteiger partial charge in [-0.15, -0.1) is 0 Å². The number of ether oxygens (including phenoxy) is 1. The molecule has 1 N–H and O–H groups in total. The first-order valence-corrected chi connectivity index (χ1v) is 5.87. The van der Waals surface area contributed by atoms with E-state index < -0.39 is 11.5 Å². The maximum atomic E-state index is 11.6. The number of aliphatic hydroxyl groups excluding tert-OH is 1. The van der Waals surface area contributed by atoms with E-state index in [1.165, 1.54) is 0 Å². The fraction of sp³-hybridized carbons (Fsp3) is 0.917. The maximum Gasteiger partial charge on any atom is 0.311 e. The fourth-order valence-corrected chi connectivity index (χ4v) is 1.05. The Morgan fingerprint density at radius 1 is 1.44 bits per heavy atom. The number of likely N-dealkylation sites (N-methyl/N-ethyl adjacent to an activating group) is 1. The standard InChI is InChI=1S/C12H25NO3/c1-6-12(3,4)11(15)16-9-10(14)8-13(5)7-2/h10,14H,6-9H2,1-5H3. The van der Waals surface area contributed by atoms with Gasteiger partial charge in [-0.2, -0.15) is 0 Å². The Bertz CT molecular complexity index is 216. The molecule has 0 spiro atoms. The summed E-state index contributed by atoms with van der Waals surface area (Å²) in [6.07, 6.45) is 0.123. The third-order valence-corrected chi connectivity index (χ3v) is 2.91. The second-order valence-electron chi connectivity index (χ2n) is 4.84. The third-order valence-electron chi connectivity index (χ3n) is 2.91. The van der Waals surface area contributed by atoms with Crippen LogP contribution >= 0.6 is 0 Å². The SMILES string of the molecule is CCN(C)CC(O)COC(=O)C(C)(C)CC. The van der Waals surface area contributed by atoms with Gasteiger partial charge in [0.1, 0.15) is 12.7 Å². The summed E-state index contributed by atoms with van der Waals surface area (Å²) in [5, 5.41) is 9.62. The van der Waals surface area contributed by atoms with E-state index in [4.69, 9.17) is 4.74 Å². The van der Waals surface area contributed by atoms with E-state index in [0.717, 1.165) is 13.0 Å². The number of carbonyl (C=O) groups is 1. The summed E-state index contributed by atoms with van der Waals surface area (Å²) in [4.78, 5) is 13.6. The smallest absolute Gasteiger partial charge is 0.311 e. The van der Waals surface area contributed by atoms with Gasteiger partial charge in [-0.3, -0.25) is 4.79 Å². The van der Waals surface area contributed by atoms with Crippen molar-refractivity contribution in [2.24, 2.45) is 5.41 Å². The van der Waals surface area contributed by atoms with Gasteiger partial charge in [-0.1, -0.05) is 13.8 Å². The number of nitrogens with zero attached hydrogens (tertiary/aromatic N) is 1. The van der Waals surface area contributed by atoms with Gasteiger partial charge in [0, 0.05) is 6.54 Å². The molecule has 0 bridgehead atoms.